The Balaban J connectivity index is 2.39. The highest BCUT2D eigenvalue weighted by Crippen LogP contribution is 2.06. The highest BCUT2D eigenvalue weighted by Gasteiger charge is 2.15. The minimum absolute atomic E-state index is 0.288. The number of aryl methyl sites for hydroxylation is 2. The van der Waals surface area contributed by atoms with Crippen molar-refractivity contribution in [3.63, 3.8) is 0 Å². The van der Waals surface area contributed by atoms with Crippen molar-refractivity contribution in [3.05, 3.63) is 27.2 Å². The number of imidazole rings is 1. The minimum Gasteiger partial charge on any atom is -0.393 e. The van der Waals surface area contributed by atoms with E-state index in [-0.39, 0.29) is 17.4 Å². The van der Waals surface area contributed by atoms with Crippen LogP contribution in [-0.4, -0.2) is 29.9 Å². The summed E-state index contributed by atoms with van der Waals surface area (Å²) in [6, 6.07) is 0. The summed E-state index contributed by atoms with van der Waals surface area (Å²) in [6.07, 6.45) is 3.37. The lowest BCUT2D eigenvalue weighted by Gasteiger charge is -2.09. The number of rotatable bonds is 6. The first-order chi connectivity index (χ1) is 9.97. The van der Waals surface area contributed by atoms with Crippen molar-refractivity contribution in [1.29, 1.82) is 0 Å². The molecule has 0 amide bonds. The molecule has 0 spiro atoms. The summed E-state index contributed by atoms with van der Waals surface area (Å²) in [4.78, 5) is 28.9. The summed E-state index contributed by atoms with van der Waals surface area (Å²) in [5, 5.41) is 9.24. The molecule has 7 heteroatoms. The van der Waals surface area contributed by atoms with E-state index in [9.17, 15) is 14.7 Å². The monoisotopic (exact) mass is 294 g/mol. The van der Waals surface area contributed by atoms with E-state index in [2.05, 4.69) is 4.98 Å². The Labute approximate surface area is 122 Å². The van der Waals surface area contributed by atoms with Gasteiger partial charge in [-0.2, -0.15) is 0 Å². The second-order valence-electron chi connectivity index (χ2n) is 5.35. The van der Waals surface area contributed by atoms with Crippen molar-refractivity contribution in [1.82, 2.24) is 18.7 Å². The minimum atomic E-state index is -0.353. The lowest BCUT2D eigenvalue weighted by atomic mass is 10.2. The van der Waals surface area contributed by atoms with Gasteiger partial charge < -0.3 is 9.67 Å². The molecule has 0 aliphatic heterocycles. The first-order valence-corrected chi connectivity index (χ1v) is 7.30. The molecule has 2 aromatic heterocycles. The molecule has 2 aromatic rings. The van der Waals surface area contributed by atoms with Crippen LogP contribution in [0, 0.1) is 0 Å². The molecule has 2 heterocycles. The fraction of sp³-hybridized carbons (Fsp3) is 0.643. The number of unbranched alkanes of at least 4 members (excludes halogenated alkanes) is 1. The summed E-state index contributed by atoms with van der Waals surface area (Å²) in [7, 11) is 1.63. The zero-order valence-corrected chi connectivity index (χ0v) is 12.7. The normalized spacial score (nSPS) is 13.0. The van der Waals surface area contributed by atoms with E-state index in [1.165, 1.54) is 9.13 Å². The van der Waals surface area contributed by atoms with Gasteiger partial charge in [0.1, 0.15) is 0 Å². The fourth-order valence-corrected chi connectivity index (χ4v) is 2.47. The molecule has 0 bridgehead atoms. The van der Waals surface area contributed by atoms with E-state index in [1.54, 1.807) is 24.9 Å². The maximum absolute atomic E-state index is 12.5. The summed E-state index contributed by atoms with van der Waals surface area (Å²) in [5.41, 5.74) is 0.262. The van der Waals surface area contributed by atoms with Crippen molar-refractivity contribution in [2.45, 2.75) is 52.3 Å². The Morgan fingerprint density at radius 3 is 2.67 bits per heavy atom. The molecule has 0 aliphatic rings. The van der Waals surface area contributed by atoms with E-state index in [1.807, 2.05) is 6.92 Å². The average molecular weight is 294 g/mol. The SMILES string of the molecule is CCn1cnc2c1c(=O)n(CCCC[C@@H](C)O)c(=O)n2C. The molecule has 0 saturated heterocycles. The van der Waals surface area contributed by atoms with Crippen LogP contribution in [-0.2, 0) is 20.1 Å². The molecule has 21 heavy (non-hydrogen) atoms. The molecule has 0 unspecified atom stereocenters. The molecule has 0 aromatic carbocycles. The summed E-state index contributed by atoms with van der Waals surface area (Å²) < 4.78 is 4.43. The molecule has 1 atom stereocenters. The number of fused-ring (bicyclic) bond motifs is 1. The summed E-state index contributed by atoms with van der Waals surface area (Å²) >= 11 is 0. The van der Waals surface area contributed by atoms with Gasteiger partial charge in [0.05, 0.1) is 12.4 Å². The number of hydrogen-bond donors (Lipinski definition) is 1. The number of aromatic nitrogens is 4. The second kappa shape index (κ2) is 6.26. The van der Waals surface area contributed by atoms with E-state index in [0.29, 0.717) is 37.1 Å². The quantitative estimate of drug-likeness (QED) is 0.785. The highest BCUT2D eigenvalue weighted by molar-refractivity contribution is 5.69. The lowest BCUT2D eigenvalue weighted by Crippen LogP contribution is -2.39. The maximum atomic E-state index is 12.5. The standard InChI is InChI=1S/C14H22N4O3/c1-4-17-9-15-12-11(17)13(20)18(14(21)16(12)3)8-6-5-7-10(2)19/h9-10,19H,4-8H2,1-3H3/t10-/m1/s1. The van der Waals surface area contributed by atoms with Crippen molar-refractivity contribution in [2.75, 3.05) is 0 Å². The molecule has 1 N–H and O–H groups in total. The summed E-state index contributed by atoms with van der Waals surface area (Å²) in [5.74, 6) is 0. The van der Waals surface area contributed by atoms with Crippen LogP contribution < -0.4 is 11.2 Å². The van der Waals surface area contributed by atoms with Gasteiger partial charge in [0.2, 0.25) is 0 Å². The first-order valence-electron chi connectivity index (χ1n) is 7.30. The van der Waals surface area contributed by atoms with Crippen LogP contribution in [0.4, 0.5) is 0 Å². The van der Waals surface area contributed by atoms with Gasteiger partial charge in [-0.05, 0) is 33.1 Å². The molecular weight excluding hydrogens is 272 g/mol. The van der Waals surface area contributed by atoms with Crippen molar-refractivity contribution < 1.29 is 5.11 Å². The smallest absolute Gasteiger partial charge is 0.332 e. The Morgan fingerprint density at radius 1 is 1.33 bits per heavy atom. The largest absolute Gasteiger partial charge is 0.393 e. The number of aliphatic hydroxyl groups is 1. The predicted molar refractivity (Wildman–Crippen MR) is 80.4 cm³/mol. The second-order valence-corrected chi connectivity index (χ2v) is 5.35. The molecule has 116 valence electrons. The van der Waals surface area contributed by atoms with Gasteiger partial charge in [0.25, 0.3) is 5.56 Å². The maximum Gasteiger partial charge on any atom is 0.332 e. The van der Waals surface area contributed by atoms with Crippen LogP contribution >= 0.6 is 0 Å². The predicted octanol–water partition coefficient (Wildman–Crippen LogP) is 0.468. The average Bonchev–Trinajstić information content (AvgIpc) is 2.88. The van der Waals surface area contributed by atoms with Gasteiger partial charge in [-0.1, -0.05) is 0 Å². The van der Waals surface area contributed by atoms with Crippen molar-refractivity contribution in [3.8, 4) is 0 Å². The molecular formula is C14H22N4O3. The Kier molecular flexibility index (Phi) is 4.62. The van der Waals surface area contributed by atoms with Crippen LogP contribution in [0.5, 0.6) is 0 Å². The highest BCUT2D eigenvalue weighted by atomic mass is 16.3. The molecule has 0 saturated carbocycles. The van der Waals surface area contributed by atoms with Crippen molar-refractivity contribution >= 4 is 11.2 Å². The first kappa shape index (κ1) is 15.5. The Bertz CT molecular complexity index is 739. The molecule has 2 rings (SSSR count). The Hall–Kier alpha value is -1.89. The third-order valence-corrected chi connectivity index (χ3v) is 3.70. The molecule has 0 radical (unpaired) electrons. The van der Waals surface area contributed by atoms with Crippen LogP contribution in [0.1, 0.15) is 33.1 Å². The number of aliphatic hydroxyl groups excluding tert-OH is 1. The number of hydrogen-bond acceptors (Lipinski definition) is 4. The van der Waals surface area contributed by atoms with Gasteiger partial charge in [0.15, 0.2) is 11.2 Å². The van der Waals surface area contributed by atoms with Gasteiger partial charge in [-0.25, -0.2) is 9.78 Å². The van der Waals surface area contributed by atoms with Gasteiger partial charge in [0, 0.05) is 20.1 Å². The van der Waals surface area contributed by atoms with Gasteiger partial charge >= 0.3 is 5.69 Å². The third-order valence-electron chi connectivity index (χ3n) is 3.70. The van der Waals surface area contributed by atoms with E-state index >= 15 is 0 Å². The lowest BCUT2D eigenvalue weighted by molar-refractivity contribution is 0.180. The van der Waals surface area contributed by atoms with Gasteiger partial charge in [-0.3, -0.25) is 13.9 Å². The molecule has 0 aliphatic carbocycles. The zero-order valence-electron chi connectivity index (χ0n) is 12.7. The van der Waals surface area contributed by atoms with E-state index < -0.39 is 0 Å². The van der Waals surface area contributed by atoms with E-state index in [0.717, 1.165) is 6.42 Å². The van der Waals surface area contributed by atoms with Crippen LogP contribution in [0.2, 0.25) is 0 Å². The van der Waals surface area contributed by atoms with Gasteiger partial charge in [-0.15, -0.1) is 0 Å². The zero-order chi connectivity index (χ0) is 15.6. The molecule has 0 fully saturated rings. The van der Waals surface area contributed by atoms with Crippen LogP contribution in [0.25, 0.3) is 11.2 Å². The van der Waals surface area contributed by atoms with Crippen molar-refractivity contribution in [2.24, 2.45) is 7.05 Å². The molecule has 7 nitrogen and oxygen atoms in total. The van der Waals surface area contributed by atoms with E-state index in [4.69, 9.17) is 0 Å². The Morgan fingerprint density at radius 2 is 2.05 bits per heavy atom. The van der Waals surface area contributed by atoms with Crippen LogP contribution in [0.3, 0.4) is 0 Å². The fourth-order valence-electron chi connectivity index (χ4n) is 2.47. The summed E-state index contributed by atoms with van der Waals surface area (Å²) in [6.45, 7) is 4.66. The topological polar surface area (TPSA) is 82.1 Å². The van der Waals surface area contributed by atoms with Crippen LogP contribution in [0.15, 0.2) is 15.9 Å². The number of nitrogens with zero attached hydrogens (tertiary/aromatic N) is 4. The third kappa shape index (κ3) is 2.92.